The van der Waals surface area contributed by atoms with Crippen LogP contribution in [0.5, 0.6) is 0 Å². The molecule has 2 N–H and O–H groups in total. The van der Waals surface area contributed by atoms with Crippen LogP contribution in [0.4, 0.5) is 22.0 Å². The summed E-state index contributed by atoms with van der Waals surface area (Å²) in [7, 11) is -5.73. The number of fused-ring (bicyclic) bond motifs is 1. The number of hydrogen-bond acceptors (Lipinski definition) is 3. The van der Waals surface area contributed by atoms with Gasteiger partial charge in [0.15, 0.2) is 0 Å². The zero-order valence-electron chi connectivity index (χ0n) is 17.2. The number of rotatable bonds is 6. The first kappa shape index (κ1) is 24.0. The summed E-state index contributed by atoms with van der Waals surface area (Å²) in [6.45, 7) is 0. The number of halogens is 5. The van der Waals surface area contributed by atoms with Gasteiger partial charge in [-0.3, -0.25) is 4.57 Å². The predicted octanol–water partition coefficient (Wildman–Crippen LogP) is 5.51. The van der Waals surface area contributed by atoms with E-state index in [1.54, 1.807) is 24.3 Å². The monoisotopic (exact) mass is 497 g/mol. The molecule has 3 aromatic carbocycles. The molecule has 0 spiro atoms. The molecule has 4 rings (SSSR count). The number of para-hydroxylation sites is 1. The Kier molecular flexibility index (Phi) is 6.05. The molecule has 0 amide bonds. The van der Waals surface area contributed by atoms with Crippen molar-refractivity contribution in [2.75, 3.05) is 0 Å². The lowest BCUT2D eigenvalue weighted by molar-refractivity contribution is -0.137. The van der Waals surface area contributed by atoms with Gasteiger partial charge < -0.3 is 9.79 Å². The van der Waals surface area contributed by atoms with E-state index in [2.05, 4.69) is 10.3 Å². The summed E-state index contributed by atoms with van der Waals surface area (Å²) >= 11 is 0. The van der Waals surface area contributed by atoms with Gasteiger partial charge >= 0.3 is 19.4 Å². The number of nitrogens with zero attached hydrogens (tertiary/aromatic N) is 3. The van der Waals surface area contributed by atoms with E-state index in [0.29, 0.717) is 16.6 Å². The summed E-state index contributed by atoms with van der Waals surface area (Å²) in [6, 6.07) is 15.1. The van der Waals surface area contributed by atoms with Gasteiger partial charge in [0.25, 0.3) is 0 Å². The van der Waals surface area contributed by atoms with Crippen LogP contribution in [0.1, 0.15) is 28.3 Å². The Labute approximate surface area is 189 Å². The van der Waals surface area contributed by atoms with Crippen LogP contribution in [0, 0.1) is 0 Å². The largest absolute Gasteiger partial charge is 0.416 e. The standard InChI is InChI=1S/C22H17F5N3O3P/c23-21(24,25)17-5-3-4-15(13-17)20(30-19-7-2-1-6-18(19)28-29-30)12-14-8-10-16(11-9-14)22(26,27)34(31,32)33/h1-11,13,20H,12H2,(H2,31,32,33). The molecule has 12 heteroatoms. The van der Waals surface area contributed by atoms with Crippen LogP contribution in [0.3, 0.4) is 0 Å². The fourth-order valence-corrected chi connectivity index (χ4v) is 4.10. The van der Waals surface area contributed by atoms with Gasteiger partial charge in [-0.25, -0.2) is 4.68 Å². The third kappa shape index (κ3) is 4.59. The zero-order chi connectivity index (χ0) is 24.7. The summed E-state index contributed by atoms with van der Waals surface area (Å²) in [5.41, 5.74) is -4.29. The van der Waals surface area contributed by atoms with Crippen LogP contribution in [0.25, 0.3) is 11.0 Å². The maximum atomic E-state index is 14.0. The Morgan fingerprint density at radius 2 is 1.56 bits per heavy atom. The highest BCUT2D eigenvalue weighted by atomic mass is 31.2. The molecular formula is C22H17F5N3O3P. The lowest BCUT2D eigenvalue weighted by Gasteiger charge is -2.21. The van der Waals surface area contributed by atoms with Gasteiger partial charge in [-0.05, 0) is 41.8 Å². The number of hydrogen-bond donors (Lipinski definition) is 2. The third-order valence-electron chi connectivity index (χ3n) is 5.37. The van der Waals surface area contributed by atoms with Crippen molar-refractivity contribution in [3.63, 3.8) is 0 Å². The summed E-state index contributed by atoms with van der Waals surface area (Å²) < 4.78 is 80.6. The van der Waals surface area contributed by atoms with Crippen molar-refractivity contribution >= 4 is 18.6 Å². The van der Waals surface area contributed by atoms with Crippen LogP contribution in [-0.4, -0.2) is 24.8 Å². The molecule has 4 aromatic rings. The highest BCUT2D eigenvalue weighted by Crippen LogP contribution is 2.59. The molecule has 0 aliphatic heterocycles. The van der Waals surface area contributed by atoms with Crippen LogP contribution in [0.15, 0.2) is 72.8 Å². The molecule has 1 atom stereocenters. The molecule has 178 valence electrons. The summed E-state index contributed by atoms with van der Waals surface area (Å²) in [4.78, 5) is 17.9. The Morgan fingerprint density at radius 1 is 0.882 bits per heavy atom. The van der Waals surface area contributed by atoms with Crippen molar-refractivity contribution in [3.8, 4) is 0 Å². The van der Waals surface area contributed by atoms with E-state index in [9.17, 15) is 26.5 Å². The van der Waals surface area contributed by atoms with Crippen LogP contribution in [0.2, 0.25) is 0 Å². The van der Waals surface area contributed by atoms with Crippen LogP contribution < -0.4 is 0 Å². The van der Waals surface area contributed by atoms with Crippen molar-refractivity contribution in [3.05, 3.63) is 95.1 Å². The normalized spacial score (nSPS) is 13.9. The van der Waals surface area contributed by atoms with E-state index >= 15 is 0 Å². The fraction of sp³-hybridized carbons (Fsp3) is 0.182. The van der Waals surface area contributed by atoms with Crippen molar-refractivity contribution in [1.82, 2.24) is 15.0 Å². The molecule has 1 unspecified atom stereocenters. The first-order valence-electron chi connectivity index (χ1n) is 9.88. The quantitative estimate of drug-likeness (QED) is 0.271. The second kappa shape index (κ2) is 8.57. The highest BCUT2D eigenvalue weighted by Gasteiger charge is 2.50. The maximum absolute atomic E-state index is 14.0. The predicted molar refractivity (Wildman–Crippen MR) is 113 cm³/mol. The maximum Gasteiger partial charge on any atom is 0.416 e. The molecule has 34 heavy (non-hydrogen) atoms. The summed E-state index contributed by atoms with van der Waals surface area (Å²) in [5, 5.41) is 8.17. The average molecular weight is 497 g/mol. The Balaban J connectivity index is 1.77. The molecular weight excluding hydrogens is 480 g/mol. The molecule has 1 heterocycles. The van der Waals surface area contributed by atoms with Gasteiger partial charge in [-0.2, -0.15) is 22.0 Å². The van der Waals surface area contributed by atoms with Crippen molar-refractivity contribution in [1.29, 1.82) is 0 Å². The molecule has 0 radical (unpaired) electrons. The minimum Gasteiger partial charge on any atom is -0.320 e. The summed E-state index contributed by atoms with van der Waals surface area (Å²) in [6.07, 6.45) is -4.52. The number of benzene rings is 3. The van der Waals surface area contributed by atoms with Gasteiger partial charge in [-0.15, -0.1) is 5.10 Å². The second-order valence-corrected chi connectivity index (χ2v) is 9.30. The molecule has 0 fully saturated rings. The van der Waals surface area contributed by atoms with E-state index in [-0.39, 0.29) is 12.0 Å². The van der Waals surface area contributed by atoms with Crippen LogP contribution >= 0.6 is 7.60 Å². The van der Waals surface area contributed by atoms with E-state index < -0.39 is 36.6 Å². The minimum absolute atomic E-state index is 0.0520. The topological polar surface area (TPSA) is 88.2 Å². The van der Waals surface area contributed by atoms with E-state index in [0.717, 1.165) is 24.3 Å². The lowest BCUT2D eigenvalue weighted by atomic mass is 9.96. The summed E-state index contributed by atoms with van der Waals surface area (Å²) in [5.74, 6) is 0. The van der Waals surface area contributed by atoms with Crippen molar-refractivity contribution < 1.29 is 36.3 Å². The van der Waals surface area contributed by atoms with Gasteiger partial charge in [0, 0.05) is 5.56 Å². The highest BCUT2D eigenvalue weighted by molar-refractivity contribution is 7.52. The average Bonchev–Trinajstić information content (AvgIpc) is 3.20. The molecule has 6 nitrogen and oxygen atoms in total. The first-order valence-corrected chi connectivity index (χ1v) is 11.5. The first-order chi connectivity index (χ1) is 15.9. The van der Waals surface area contributed by atoms with E-state index in [1.165, 1.54) is 28.9 Å². The minimum atomic E-state index is -5.73. The van der Waals surface area contributed by atoms with Crippen molar-refractivity contribution in [2.24, 2.45) is 0 Å². The Morgan fingerprint density at radius 3 is 2.21 bits per heavy atom. The van der Waals surface area contributed by atoms with Gasteiger partial charge in [-0.1, -0.05) is 53.7 Å². The van der Waals surface area contributed by atoms with Gasteiger partial charge in [0.05, 0.1) is 17.1 Å². The SMILES string of the molecule is O=P(O)(O)C(F)(F)c1ccc(CC(c2cccc(C(F)(F)F)c2)n2nnc3ccccc32)cc1. The molecule has 0 aliphatic rings. The molecule has 0 aliphatic carbocycles. The fourth-order valence-electron chi connectivity index (χ4n) is 3.62. The zero-order valence-corrected chi connectivity index (χ0v) is 18.1. The molecule has 0 saturated heterocycles. The number of aromatic nitrogens is 3. The van der Waals surface area contributed by atoms with Crippen LogP contribution in [-0.2, 0) is 22.8 Å². The van der Waals surface area contributed by atoms with E-state index in [1.807, 2.05) is 0 Å². The lowest BCUT2D eigenvalue weighted by Crippen LogP contribution is -2.17. The number of alkyl halides is 5. The molecule has 0 bridgehead atoms. The Bertz CT molecular complexity index is 1370. The van der Waals surface area contributed by atoms with E-state index in [4.69, 9.17) is 9.79 Å². The smallest absolute Gasteiger partial charge is 0.320 e. The van der Waals surface area contributed by atoms with Gasteiger partial charge in [0.1, 0.15) is 5.52 Å². The van der Waals surface area contributed by atoms with Gasteiger partial charge in [0.2, 0.25) is 0 Å². The molecule has 0 saturated carbocycles. The second-order valence-electron chi connectivity index (χ2n) is 7.65. The molecule has 1 aromatic heterocycles. The Hall–Kier alpha value is -3.14. The third-order valence-corrected chi connectivity index (χ3v) is 6.36. The van der Waals surface area contributed by atoms with Crippen molar-refractivity contribution in [2.45, 2.75) is 24.3 Å².